The Labute approximate surface area is 275 Å². The normalized spacial score (nSPS) is 11.8. The Morgan fingerprint density at radius 3 is 1.96 bits per heavy atom. The summed E-state index contributed by atoms with van der Waals surface area (Å²) in [5.74, 6) is 0. The predicted molar refractivity (Wildman–Crippen MR) is 202 cm³/mol. The van der Waals surface area contributed by atoms with Crippen molar-refractivity contribution < 1.29 is 4.42 Å². The SMILES string of the molecule is c1ccc(N(c2ccc(-c3ccc4ccccc4c3)cc2)c2ccc3sc4ccc5oc6c7ccccc7ccc6c5c4c3c2)cc1. The Hall–Kier alpha value is -5.90. The third-order valence-corrected chi connectivity index (χ3v) is 10.6. The summed E-state index contributed by atoms with van der Waals surface area (Å²) >= 11 is 1.84. The maximum Gasteiger partial charge on any atom is 0.143 e. The van der Waals surface area contributed by atoms with Crippen LogP contribution in [0.2, 0.25) is 0 Å². The van der Waals surface area contributed by atoms with Crippen molar-refractivity contribution in [2.45, 2.75) is 0 Å². The van der Waals surface area contributed by atoms with Crippen molar-refractivity contribution in [3.05, 3.63) is 164 Å². The fourth-order valence-electron chi connectivity index (χ4n) is 7.19. The molecule has 0 amide bonds. The van der Waals surface area contributed by atoms with Gasteiger partial charge in [-0.1, -0.05) is 97.1 Å². The van der Waals surface area contributed by atoms with Gasteiger partial charge in [-0.2, -0.15) is 0 Å². The van der Waals surface area contributed by atoms with Gasteiger partial charge in [0.2, 0.25) is 0 Å². The molecule has 0 unspecified atom stereocenters. The molecule has 8 aromatic carbocycles. The van der Waals surface area contributed by atoms with Crippen LogP contribution in [0.5, 0.6) is 0 Å². The number of rotatable bonds is 4. The lowest BCUT2D eigenvalue weighted by atomic mass is 10.0. The summed E-state index contributed by atoms with van der Waals surface area (Å²) in [7, 11) is 0. The molecule has 0 radical (unpaired) electrons. The van der Waals surface area contributed by atoms with Gasteiger partial charge in [-0.25, -0.2) is 0 Å². The maximum absolute atomic E-state index is 6.57. The van der Waals surface area contributed by atoms with Gasteiger partial charge in [0.15, 0.2) is 0 Å². The second-order valence-electron chi connectivity index (χ2n) is 12.1. The second-order valence-corrected chi connectivity index (χ2v) is 13.2. The minimum Gasteiger partial charge on any atom is -0.455 e. The van der Waals surface area contributed by atoms with Crippen molar-refractivity contribution in [1.29, 1.82) is 0 Å². The first kappa shape index (κ1) is 26.3. The van der Waals surface area contributed by atoms with Gasteiger partial charge in [0.05, 0.1) is 0 Å². The van der Waals surface area contributed by atoms with Crippen LogP contribution < -0.4 is 4.90 Å². The highest BCUT2D eigenvalue weighted by Gasteiger charge is 2.19. The van der Waals surface area contributed by atoms with E-state index >= 15 is 0 Å². The van der Waals surface area contributed by atoms with E-state index in [-0.39, 0.29) is 0 Å². The third-order valence-electron chi connectivity index (χ3n) is 9.42. The fraction of sp³-hybridized carbons (Fsp3) is 0. The van der Waals surface area contributed by atoms with Gasteiger partial charge in [0.1, 0.15) is 11.2 Å². The smallest absolute Gasteiger partial charge is 0.143 e. The Morgan fingerprint density at radius 2 is 1.09 bits per heavy atom. The van der Waals surface area contributed by atoms with Crippen molar-refractivity contribution in [2.24, 2.45) is 0 Å². The number of anilines is 3. The average Bonchev–Trinajstić information content (AvgIpc) is 3.70. The van der Waals surface area contributed by atoms with E-state index in [0.29, 0.717) is 0 Å². The van der Waals surface area contributed by atoms with E-state index in [2.05, 4.69) is 169 Å². The molecule has 10 rings (SSSR count). The molecule has 47 heavy (non-hydrogen) atoms. The van der Waals surface area contributed by atoms with Crippen LogP contribution in [0.1, 0.15) is 0 Å². The largest absolute Gasteiger partial charge is 0.455 e. The number of nitrogens with zero attached hydrogens (tertiary/aromatic N) is 1. The molecule has 0 bridgehead atoms. The van der Waals surface area contributed by atoms with E-state index in [1.165, 1.54) is 58.2 Å². The molecule has 2 aromatic heterocycles. The standard InChI is InChI=1S/C44H27NOS/c1-2-11-33(12-3-1)45(34-19-16-29(17-20-34)32-15-14-28-8-4-5-10-31(28)26-32)35-21-24-40-38(27-35)43-41(47-40)25-23-39-42(43)37-22-18-30-9-6-7-13-36(30)44(37)46-39/h1-27H. The fourth-order valence-corrected chi connectivity index (χ4v) is 8.28. The summed E-state index contributed by atoms with van der Waals surface area (Å²) in [6.07, 6.45) is 0. The lowest BCUT2D eigenvalue weighted by Gasteiger charge is -2.26. The van der Waals surface area contributed by atoms with Crippen molar-refractivity contribution >= 4 is 92.1 Å². The molecule has 0 saturated carbocycles. The molecule has 10 aromatic rings. The number of furan rings is 1. The Bertz CT molecular complexity index is 2790. The number of hydrogen-bond donors (Lipinski definition) is 0. The van der Waals surface area contributed by atoms with Crippen molar-refractivity contribution in [1.82, 2.24) is 0 Å². The van der Waals surface area contributed by atoms with Crippen LogP contribution in [-0.4, -0.2) is 0 Å². The molecule has 0 atom stereocenters. The molecule has 0 aliphatic carbocycles. The zero-order valence-electron chi connectivity index (χ0n) is 25.4. The first-order valence-electron chi connectivity index (χ1n) is 15.9. The predicted octanol–water partition coefficient (Wildman–Crippen LogP) is 13.4. The van der Waals surface area contributed by atoms with Gasteiger partial charge >= 0.3 is 0 Å². The Balaban J connectivity index is 1.15. The number of para-hydroxylation sites is 1. The summed E-state index contributed by atoms with van der Waals surface area (Å²) in [5, 5.41) is 9.72. The highest BCUT2D eigenvalue weighted by atomic mass is 32.1. The lowest BCUT2D eigenvalue weighted by molar-refractivity contribution is 0.673. The van der Waals surface area contributed by atoms with Crippen LogP contribution in [0.3, 0.4) is 0 Å². The van der Waals surface area contributed by atoms with Crippen LogP contribution in [-0.2, 0) is 0 Å². The van der Waals surface area contributed by atoms with E-state index in [1.54, 1.807) is 0 Å². The molecular weight excluding hydrogens is 591 g/mol. The zero-order valence-corrected chi connectivity index (χ0v) is 26.2. The third kappa shape index (κ3) is 4.17. The summed E-state index contributed by atoms with van der Waals surface area (Å²) in [6.45, 7) is 0. The van der Waals surface area contributed by atoms with Gasteiger partial charge in [0, 0.05) is 53.4 Å². The summed E-state index contributed by atoms with van der Waals surface area (Å²) in [4.78, 5) is 2.36. The topological polar surface area (TPSA) is 16.4 Å². The van der Waals surface area contributed by atoms with Crippen LogP contribution >= 0.6 is 11.3 Å². The van der Waals surface area contributed by atoms with E-state index in [1.807, 2.05) is 11.3 Å². The average molecular weight is 618 g/mol. The minimum atomic E-state index is 0.929. The quantitative estimate of drug-likeness (QED) is 0.195. The lowest BCUT2D eigenvalue weighted by Crippen LogP contribution is -2.09. The van der Waals surface area contributed by atoms with E-state index in [0.717, 1.165) is 33.6 Å². The molecule has 0 aliphatic rings. The Kier molecular flexibility index (Phi) is 5.78. The number of fused-ring (bicyclic) bond motifs is 10. The van der Waals surface area contributed by atoms with Gasteiger partial charge in [-0.3, -0.25) is 0 Å². The number of hydrogen-bond acceptors (Lipinski definition) is 3. The maximum atomic E-state index is 6.57. The molecular formula is C44H27NOS. The van der Waals surface area contributed by atoms with E-state index < -0.39 is 0 Å². The van der Waals surface area contributed by atoms with Crippen molar-refractivity contribution in [3.8, 4) is 11.1 Å². The summed E-state index contributed by atoms with van der Waals surface area (Å²) in [5.41, 5.74) is 7.67. The molecule has 0 N–H and O–H groups in total. The molecule has 220 valence electrons. The van der Waals surface area contributed by atoms with Crippen LogP contribution in [0.15, 0.2) is 168 Å². The minimum absolute atomic E-state index is 0.929. The highest BCUT2D eigenvalue weighted by Crippen LogP contribution is 2.46. The van der Waals surface area contributed by atoms with Crippen LogP contribution in [0, 0.1) is 0 Å². The van der Waals surface area contributed by atoms with E-state index in [4.69, 9.17) is 4.42 Å². The zero-order chi connectivity index (χ0) is 30.9. The highest BCUT2D eigenvalue weighted by molar-refractivity contribution is 7.26. The molecule has 0 fully saturated rings. The monoisotopic (exact) mass is 617 g/mol. The number of thiophene rings is 1. The van der Waals surface area contributed by atoms with Crippen molar-refractivity contribution in [2.75, 3.05) is 4.90 Å². The Morgan fingerprint density at radius 1 is 0.404 bits per heavy atom. The van der Waals surface area contributed by atoms with Crippen LogP contribution in [0.25, 0.3) is 74.8 Å². The van der Waals surface area contributed by atoms with Crippen LogP contribution in [0.4, 0.5) is 17.1 Å². The van der Waals surface area contributed by atoms with Gasteiger partial charge in [0.25, 0.3) is 0 Å². The first-order chi connectivity index (χ1) is 23.3. The summed E-state index contributed by atoms with van der Waals surface area (Å²) < 4.78 is 9.11. The molecule has 3 heteroatoms. The van der Waals surface area contributed by atoms with Crippen molar-refractivity contribution in [3.63, 3.8) is 0 Å². The molecule has 0 spiro atoms. The molecule has 0 aliphatic heterocycles. The first-order valence-corrected chi connectivity index (χ1v) is 16.7. The summed E-state index contributed by atoms with van der Waals surface area (Å²) in [6, 6.07) is 59.0. The molecule has 0 saturated heterocycles. The number of benzene rings is 8. The van der Waals surface area contributed by atoms with Gasteiger partial charge < -0.3 is 9.32 Å². The second kappa shape index (κ2) is 10.3. The van der Waals surface area contributed by atoms with E-state index in [9.17, 15) is 0 Å². The molecule has 2 nitrogen and oxygen atoms in total. The van der Waals surface area contributed by atoms with Gasteiger partial charge in [-0.05, 0) is 94.0 Å². The van der Waals surface area contributed by atoms with Gasteiger partial charge in [-0.15, -0.1) is 11.3 Å². The molecule has 2 heterocycles.